The highest BCUT2D eigenvalue weighted by molar-refractivity contribution is 5.90. The molecule has 1 heterocycles. The van der Waals surface area contributed by atoms with Gasteiger partial charge in [0.15, 0.2) is 17.5 Å². The monoisotopic (exact) mass is 429 g/mol. The number of hydrogen-bond acceptors (Lipinski definition) is 8. The molecule has 3 aromatic carbocycles. The Balaban J connectivity index is 1.95. The molecule has 4 rings (SSSR count). The smallest absolute Gasteiger partial charge is 0.337 e. The average Bonchev–Trinajstić information content (AvgIpc) is 2.84. The van der Waals surface area contributed by atoms with E-state index in [4.69, 9.17) is 9.47 Å². The quantitative estimate of drug-likeness (QED) is 0.456. The zero-order valence-corrected chi connectivity index (χ0v) is 17.3. The van der Waals surface area contributed by atoms with Crippen LogP contribution in [0.4, 0.5) is 0 Å². The zero-order valence-electron chi connectivity index (χ0n) is 17.3. The molecule has 0 spiro atoms. The summed E-state index contributed by atoms with van der Waals surface area (Å²) in [6, 6.07) is 18.0. The summed E-state index contributed by atoms with van der Waals surface area (Å²) >= 11 is 0. The minimum Gasteiger partial charge on any atom is -0.507 e. The topological polar surface area (TPSA) is 115 Å². The van der Waals surface area contributed by atoms with E-state index in [1.165, 1.54) is 26.4 Å². The summed E-state index contributed by atoms with van der Waals surface area (Å²) in [5.74, 6) is 0.593. The van der Waals surface area contributed by atoms with E-state index in [1.807, 2.05) is 0 Å². The van der Waals surface area contributed by atoms with Gasteiger partial charge in [-0.15, -0.1) is 0 Å². The first-order chi connectivity index (χ1) is 15.5. The van der Waals surface area contributed by atoms with Gasteiger partial charge in [-0.05, 0) is 42.5 Å². The van der Waals surface area contributed by atoms with E-state index < -0.39 is 5.97 Å². The minimum atomic E-state index is -0.493. The average molecular weight is 429 g/mol. The first-order valence-corrected chi connectivity index (χ1v) is 9.60. The first-order valence-electron chi connectivity index (χ1n) is 9.60. The molecule has 0 bridgehead atoms. The Kier molecular flexibility index (Phi) is 5.67. The van der Waals surface area contributed by atoms with Gasteiger partial charge in [0.1, 0.15) is 17.2 Å². The van der Waals surface area contributed by atoms with E-state index in [0.29, 0.717) is 28.0 Å². The lowest BCUT2D eigenvalue weighted by molar-refractivity contribution is 0.0601. The van der Waals surface area contributed by atoms with Crippen LogP contribution in [-0.2, 0) is 4.74 Å². The van der Waals surface area contributed by atoms with Gasteiger partial charge >= 0.3 is 5.97 Å². The molecule has 160 valence electrons. The third kappa shape index (κ3) is 4.06. The van der Waals surface area contributed by atoms with E-state index in [0.717, 1.165) is 0 Å². The van der Waals surface area contributed by atoms with Crippen LogP contribution in [-0.4, -0.2) is 45.4 Å². The molecule has 2 N–H and O–H groups in total. The summed E-state index contributed by atoms with van der Waals surface area (Å²) in [4.78, 5) is 25.5. The van der Waals surface area contributed by atoms with Crippen molar-refractivity contribution in [2.75, 3.05) is 14.2 Å². The molecule has 0 amide bonds. The fourth-order valence-electron chi connectivity index (χ4n) is 3.13. The lowest BCUT2D eigenvalue weighted by atomic mass is 10.1. The molecule has 0 fully saturated rings. The van der Waals surface area contributed by atoms with Crippen LogP contribution >= 0.6 is 0 Å². The van der Waals surface area contributed by atoms with Gasteiger partial charge in [-0.25, -0.2) is 19.7 Å². The van der Waals surface area contributed by atoms with Gasteiger partial charge in [0.05, 0.1) is 30.9 Å². The molecule has 32 heavy (non-hydrogen) atoms. The molecular weight excluding hydrogens is 410 g/mol. The number of ether oxygens (including phenoxy) is 2. The molecule has 8 nitrogen and oxygen atoms in total. The molecule has 0 radical (unpaired) electrons. The number of para-hydroxylation sites is 1. The van der Waals surface area contributed by atoms with Crippen LogP contribution < -0.4 is 4.74 Å². The third-order valence-corrected chi connectivity index (χ3v) is 4.77. The van der Waals surface area contributed by atoms with Crippen LogP contribution in [0.5, 0.6) is 17.2 Å². The Bertz CT molecular complexity index is 1310. The van der Waals surface area contributed by atoms with Crippen molar-refractivity contribution < 1.29 is 24.5 Å². The van der Waals surface area contributed by atoms with Gasteiger partial charge in [-0.3, -0.25) is 0 Å². The zero-order chi connectivity index (χ0) is 22.7. The van der Waals surface area contributed by atoms with Crippen LogP contribution in [0.25, 0.3) is 34.2 Å². The third-order valence-electron chi connectivity index (χ3n) is 4.77. The van der Waals surface area contributed by atoms with Gasteiger partial charge in [-0.2, -0.15) is 0 Å². The number of carbonyl (C=O) groups excluding carboxylic acids is 1. The van der Waals surface area contributed by atoms with E-state index in [-0.39, 0.29) is 29.0 Å². The highest BCUT2D eigenvalue weighted by Gasteiger charge is 2.17. The maximum absolute atomic E-state index is 12.0. The molecule has 0 aliphatic heterocycles. The molecule has 0 saturated carbocycles. The molecule has 0 saturated heterocycles. The van der Waals surface area contributed by atoms with Gasteiger partial charge in [0.25, 0.3) is 0 Å². The van der Waals surface area contributed by atoms with Gasteiger partial charge in [-0.1, -0.05) is 24.3 Å². The summed E-state index contributed by atoms with van der Waals surface area (Å²) in [5.41, 5.74) is 1.59. The number of nitrogens with zero attached hydrogens (tertiary/aromatic N) is 3. The highest BCUT2D eigenvalue weighted by Crippen LogP contribution is 2.34. The van der Waals surface area contributed by atoms with Crippen molar-refractivity contribution in [3.05, 3.63) is 72.3 Å². The Labute approximate surface area is 183 Å². The first kappa shape index (κ1) is 20.8. The highest BCUT2D eigenvalue weighted by atomic mass is 16.5. The number of benzene rings is 3. The van der Waals surface area contributed by atoms with Gasteiger partial charge in [0, 0.05) is 5.56 Å². The summed E-state index contributed by atoms with van der Waals surface area (Å²) < 4.78 is 10.1. The standard InChI is InChI=1S/C24H19N3O5/c1-31-16-10-11-20(29)18(13-16)23-26-21(14-6-5-7-15(12-14)24(30)32-2)25-22(27-23)17-8-3-4-9-19(17)28/h3-13,28-29H,1-2H3. The summed E-state index contributed by atoms with van der Waals surface area (Å²) in [7, 11) is 2.82. The van der Waals surface area contributed by atoms with Crippen LogP contribution in [0.1, 0.15) is 10.4 Å². The van der Waals surface area contributed by atoms with E-state index in [1.54, 1.807) is 54.6 Å². The number of rotatable bonds is 5. The number of esters is 1. The summed E-state index contributed by atoms with van der Waals surface area (Å²) in [6.45, 7) is 0. The molecular formula is C24H19N3O5. The SMILES string of the molecule is COC(=O)c1cccc(-c2nc(-c3ccccc3O)nc(-c3cc(OC)ccc3O)n2)c1. The van der Waals surface area contributed by atoms with Gasteiger partial charge in [0.2, 0.25) is 0 Å². The van der Waals surface area contributed by atoms with E-state index in [9.17, 15) is 15.0 Å². The minimum absolute atomic E-state index is 0.00576. The Morgan fingerprint density at radius 2 is 1.44 bits per heavy atom. The maximum atomic E-state index is 12.0. The van der Waals surface area contributed by atoms with Crippen LogP contribution in [0.3, 0.4) is 0 Å². The summed E-state index contributed by atoms with van der Waals surface area (Å²) in [6.07, 6.45) is 0. The normalized spacial score (nSPS) is 10.6. The second-order valence-electron chi connectivity index (χ2n) is 6.78. The number of phenolic OH excluding ortho intramolecular Hbond substituents is 2. The second kappa shape index (κ2) is 8.73. The summed E-state index contributed by atoms with van der Waals surface area (Å²) in [5, 5.41) is 20.8. The second-order valence-corrected chi connectivity index (χ2v) is 6.78. The number of aromatic nitrogens is 3. The lowest BCUT2D eigenvalue weighted by Gasteiger charge is -2.11. The number of methoxy groups -OCH3 is 2. The molecule has 4 aromatic rings. The van der Waals surface area contributed by atoms with Crippen molar-refractivity contribution in [3.8, 4) is 51.4 Å². The molecule has 0 atom stereocenters. The number of phenols is 2. The molecule has 0 aliphatic carbocycles. The number of hydrogen-bond donors (Lipinski definition) is 2. The molecule has 0 unspecified atom stereocenters. The van der Waals surface area contributed by atoms with Crippen molar-refractivity contribution >= 4 is 5.97 Å². The number of carbonyl (C=O) groups is 1. The molecule has 8 heteroatoms. The van der Waals surface area contributed by atoms with Crippen molar-refractivity contribution in [3.63, 3.8) is 0 Å². The van der Waals surface area contributed by atoms with Crippen LogP contribution in [0, 0.1) is 0 Å². The van der Waals surface area contributed by atoms with E-state index in [2.05, 4.69) is 15.0 Å². The maximum Gasteiger partial charge on any atom is 0.337 e. The van der Waals surface area contributed by atoms with Crippen LogP contribution in [0.2, 0.25) is 0 Å². The predicted octanol–water partition coefficient (Wildman–Crippen LogP) is 4.08. The van der Waals surface area contributed by atoms with Gasteiger partial charge < -0.3 is 19.7 Å². The Hall–Kier alpha value is -4.46. The van der Waals surface area contributed by atoms with Crippen molar-refractivity contribution in [1.29, 1.82) is 0 Å². The van der Waals surface area contributed by atoms with Crippen molar-refractivity contribution in [2.45, 2.75) is 0 Å². The largest absolute Gasteiger partial charge is 0.507 e. The lowest BCUT2D eigenvalue weighted by Crippen LogP contribution is -2.03. The van der Waals surface area contributed by atoms with Crippen LogP contribution in [0.15, 0.2) is 66.7 Å². The van der Waals surface area contributed by atoms with E-state index >= 15 is 0 Å². The molecule has 1 aromatic heterocycles. The fraction of sp³-hybridized carbons (Fsp3) is 0.0833. The number of aromatic hydroxyl groups is 2. The Morgan fingerprint density at radius 3 is 2.16 bits per heavy atom. The molecule has 0 aliphatic rings. The fourth-order valence-corrected chi connectivity index (χ4v) is 3.13. The predicted molar refractivity (Wildman–Crippen MR) is 117 cm³/mol. The Morgan fingerprint density at radius 1 is 0.750 bits per heavy atom. The van der Waals surface area contributed by atoms with Crippen molar-refractivity contribution in [2.24, 2.45) is 0 Å². The van der Waals surface area contributed by atoms with Crippen molar-refractivity contribution in [1.82, 2.24) is 15.0 Å².